The molecule has 1 aliphatic heterocycles. The van der Waals surface area contributed by atoms with Crippen molar-refractivity contribution in [3.8, 4) is 0 Å². The molecule has 1 aromatic rings. The molecule has 0 aromatic carbocycles. The molecule has 1 saturated heterocycles. The molecule has 104 valence electrons. The molecule has 1 atom stereocenters. The molecule has 1 amide bonds. The number of anilines is 1. The predicted molar refractivity (Wildman–Crippen MR) is 72.5 cm³/mol. The number of carboxylic acid groups (broad SMARTS) is 1. The lowest BCUT2D eigenvalue weighted by atomic mass is 10.1. The summed E-state index contributed by atoms with van der Waals surface area (Å²) >= 11 is 1.47. The van der Waals surface area contributed by atoms with Gasteiger partial charge in [-0.1, -0.05) is 6.92 Å². The number of carbonyl (C=O) groups is 2. The molecular formula is C12H17N3O3S. The van der Waals surface area contributed by atoms with Gasteiger partial charge in [0.05, 0.1) is 12.1 Å². The Balaban J connectivity index is 2.08. The Bertz CT molecular complexity index is 475. The Morgan fingerprint density at radius 2 is 2.47 bits per heavy atom. The van der Waals surface area contributed by atoms with Gasteiger partial charge in [-0.05, 0) is 6.42 Å². The maximum absolute atomic E-state index is 11.8. The molecule has 2 N–H and O–H groups in total. The van der Waals surface area contributed by atoms with Crippen LogP contribution in [0.1, 0.15) is 25.5 Å². The molecule has 1 unspecified atom stereocenters. The van der Waals surface area contributed by atoms with Crippen LogP contribution < -0.4 is 10.2 Å². The summed E-state index contributed by atoms with van der Waals surface area (Å²) in [7, 11) is 0. The molecule has 2 heterocycles. The number of amides is 1. The zero-order valence-corrected chi connectivity index (χ0v) is 11.6. The molecule has 0 spiro atoms. The third-order valence-electron chi connectivity index (χ3n) is 3.10. The van der Waals surface area contributed by atoms with Crippen LogP contribution in [0.2, 0.25) is 0 Å². The third kappa shape index (κ3) is 3.23. The predicted octanol–water partition coefficient (Wildman–Crippen LogP) is 0.875. The molecule has 0 radical (unpaired) electrons. The first kappa shape index (κ1) is 13.8. The number of aliphatic carboxylic acids is 1. The summed E-state index contributed by atoms with van der Waals surface area (Å²) in [6.07, 6.45) is 1.25. The van der Waals surface area contributed by atoms with Crippen molar-refractivity contribution in [3.63, 3.8) is 0 Å². The maximum Gasteiger partial charge on any atom is 0.303 e. The van der Waals surface area contributed by atoms with Crippen molar-refractivity contribution in [2.24, 2.45) is 0 Å². The lowest BCUT2D eigenvalue weighted by Gasteiger charge is -2.34. The summed E-state index contributed by atoms with van der Waals surface area (Å²) in [5.74, 6) is -0.783. The SMILES string of the molecule is CCC1C(=O)NCCN1c1nc(CCC(=O)O)cs1. The van der Waals surface area contributed by atoms with Crippen molar-refractivity contribution in [2.75, 3.05) is 18.0 Å². The molecule has 2 rings (SSSR count). The van der Waals surface area contributed by atoms with Crippen LogP contribution in [-0.2, 0) is 16.0 Å². The van der Waals surface area contributed by atoms with Crippen molar-refractivity contribution in [1.82, 2.24) is 10.3 Å². The van der Waals surface area contributed by atoms with E-state index in [0.29, 0.717) is 13.0 Å². The van der Waals surface area contributed by atoms with Gasteiger partial charge in [-0.3, -0.25) is 9.59 Å². The van der Waals surface area contributed by atoms with Crippen molar-refractivity contribution >= 4 is 28.3 Å². The normalized spacial score (nSPS) is 19.3. The molecule has 1 fully saturated rings. The minimum Gasteiger partial charge on any atom is -0.481 e. The van der Waals surface area contributed by atoms with E-state index in [1.54, 1.807) is 0 Å². The summed E-state index contributed by atoms with van der Waals surface area (Å²) in [4.78, 5) is 28.8. The summed E-state index contributed by atoms with van der Waals surface area (Å²) < 4.78 is 0. The van der Waals surface area contributed by atoms with E-state index in [0.717, 1.165) is 23.8 Å². The standard InChI is InChI=1S/C12H17N3O3S/c1-2-9-11(18)13-5-6-15(9)12-14-8(7-19-12)3-4-10(16)17/h7,9H,2-6H2,1H3,(H,13,18)(H,16,17). The van der Waals surface area contributed by atoms with Crippen LogP contribution in [0.3, 0.4) is 0 Å². The molecule has 6 nitrogen and oxygen atoms in total. The smallest absolute Gasteiger partial charge is 0.303 e. The van der Waals surface area contributed by atoms with Gasteiger partial charge in [-0.2, -0.15) is 0 Å². The van der Waals surface area contributed by atoms with E-state index in [1.165, 1.54) is 11.3 Å². The highest BCUT2D eigenvalue weighted by molar-refractivity contribution is 7.13. The molecule has 0 aliphatic carbocycles. The first-order valence-electron chi connectivity index (χ1n) is 6.32. The molecular weight excluding hydrogens is 266 g/mol. The highest BCUT2D eigenvalue weighted by atomic mass is 32.1. The topological polar surface area (TPSA) is 82.5 Å². The first-order valence-corrected chi connectivity index (χ1v) is 7.20. The average molecular weight is 283 g/mol. The highest BCUT2D eigenvalue weighted by Gasteiger charge is 2.29. The molecule has 19 heavy (non-hydrogen) atoms. The number of aromatic nitrogens is 1. The summed E-state index contributed by atoms with van der Waals surface area (Å²) in [6.45, 7) is 3.34. The number of aryl methyl sites for hydroxylation is 1. The summed E-state index contributed by atoms with van der Waals surface area (Å²) in [5, 5.41) is 14.2. The largest absolute Gasteiger partial charge is 0.481 e. The first-order chi connectivity index (χ1) is 9.11. The van der Waals surface area contributed by atoms with Crippen LogP contribution in [0.5, 0.6) is 0 Å². The van der Waals surface area contributed by atoms with Crippen LogP contribution in [-0.4, -0.2) is 41.1 Å². The fraction of sp³-hybridized carbons (Fsp3) is 0.583. The number of rotatable bonds is 5. The van der Waals surface area contributed by atoms with E-state index >= 15 is 0 Å². The minimum atomic E-state index is -0.821. The molecule has 0 bridgehead atoms. The molecule has 1 aromatic heterocycles. The number of piperazine rings is 1. The average Bonchev–Trinajstić information content (AvgIpc) is 2.84. The van der Waals surface area contributed by atoms with Gasteiger partial charge in [0.15, 0.2) is 5.13 Å². The van der Waals surface area contributed by atoms with E-state index in [-0.39, 0.29) is 18.4 Å². The molecule has 1 aliphatic rings. The van der Waals surface area contributed by atoms with Gasteiger partial charge in [0, 0.05) is 24.9 Å². The van der Waals surface area contributed by atoms with Crippen LogP contribution in [0, 0.1) is 0 Å². The fourth-order valence-corrected chi connectivity index (χ4v) is 3.06. The number of nitrogens with zero attached hydrogens (tertiary/aromatic N) is 2. The minimum absolute atomic E-state index is 0.0380. The highest BCUT2D eigenvalue weighted by Crippen LogP contribution is 2.25. The Labute approximate surface area is 115 Å². The Hall–Kier alpha value is -1.63. The lowest BCUT2D eigenvalue weighted by Crippen LogP contribution is -2.55. The fourth-order valence-electron chi connectivity index (χ4n) is 2.13. The van der Waals surface area contributed by atoms with E-state index < -0.39 is 5.97 Å². The van der Waals surface area contributed by atoms with Gasteiger partial charge >= 0.3 is 5.97 Å². The maximum atomic E-state index is 11.8. The second-order valence-corrected chi connectivity index (χ2v) is 5.26. The molecule has 7 heteroatoms. The molecule has 0 saturated carbocycles. The van der Waals surface area contributed by atoms with Gasteiger partial charge in [-0.15, -0.1) is 11.3 Å². The summed E-state index contributed by atoms with van der Waals surface area (Å²) in [5.41, 5.74) is 0.781. The Morgan fingerprint density at radius 1 is 1.68 bits per heavy atom. The van der Waals surface area contributed by atoms with Gasteiger partial charge < -0.3 is 15.3 Å². The number of nitrogens with one attached hydrogen (secondary N) is 1. The quantitative estimate of drug-likeness (QED) is 0.838. The number of thiazole rings is 1. The number of hydrogen-bond acceptors (Lipinski definition) is 5. The monoisotopic (exact) mass is 283 g/mol. The van der Waals surface area contributed by atoms with Crippen LogP contribution >= 0.6 is 11.3 Å². The van der Waals surface area contributed by atoms with Crippen LogP contribution in [0.4, 0.5) is 5.13 Å². The second kappa shape index (κ2) is 6.01. The van der Waals surface area contributed by atoms with E-state index in [4.69, 9.17) is 5.11 Å². The summed E-state index contributed by atoms with van der Waals surface area (Å²) in [6, 6.07) is -0.174. The number of hydrogen-bond donors (Lipinski definition) is 2. The van der Waals surface area contributed by atoms with E-state index in [2.05, 4.69) is 10.3 Å². The van der Waals surface area contributed by atoms with Gasteiger partial charge in [-0.25, -0.2) is 4.98 Å². The van der Waals surface area contributed by atoms with Gasteiger partial charge in [0.2, 0.25) is 5.91 Å². The van der Waals surface area contributed by atoms with Gasteiger partial charge in [0.1, 0.15) is 6.04 Å². The van der Waals surface area contributed by atoms with Gasteiger partial charge in [0.25, 0.3) is 0 Å². The Kier molecular flexibility index (Phi) is 4.36. The van der Waals surface area contributed by atoms with Crippen molar-refractivity contribution in [1.29, 1.82) is 0 Å². The van der Waals surface area contributed by atoms with Crippen LogP contribution in [0.25, 0.3) is 0 Å². The third-order valence-corrected chi connectivity index (χ3v) is 4.02. The van der Waals surface area contributed by atoms with Crippen molar-refractivity contribution in [3.05, 3.63) is 11.1 Å². The van der Waals surface area contributed by atoms with Crippen molar-refractivity contribution < 1.29 is 14.7 Å². The Morgan fingerprint density at radius 3 is 3.16 bits per heavy atom. The lowest BCUT2D eigenvalue weighted by molar-refractivity contribution is -0.137. The zero-order chi connectivity index (χ0) is 13.8. The number of carboxylic acids is 1. The van der Waals surface area contributed by atoms with E-state index in [1.807, 2.05) is 17.2 Å². The van der Waals surface area contributed by atoms with Crippen LogP contribution in [0.15, 0.2) is 5.38 Å². The zero-order valence-electron chi connectivity index (χ0n) is 10.8. The van der Waals surface area contributed by atoms with E-state index in [9.17, 15) is 9.59 Å². The number of carbonyl (C=O) groups excluding carboxylic acids is 1. The van der Waals surface area contributed by atoms with Crippen molar-refractivity contribution in [2.45, 2.75) is 32.2 Å². The second-order valence-electron chi connectivity index (χ2n) is 4.42.